The molecule has 2 aromatic rings. The van der Waals surface area contributed by atoms with Gasteiger partial charge in [-0.2, -0.15) is 4.85 Å². The lowest BCUT2D eigenvalue weighted by Crippen LogP contribution is -2.05. The van der Waals surface area contributed by atoms with Crippen LogP contribution in [0.5, 0.6) is 5.75 Å². The number of rotatable bonds is 12. The van der Waals surface area contributed by atoms with E-state index in [4.69, 9.17) is 11.3 Å². The molecule has 0 atom stereocenters. The van der Waals surface area contributed by atoms with Crippen LogP contribution < -0.4 is 10.1 Å². The third kappa shape index (κ3) is 9.48. The van der Waals surface area contributed by atoms with Gasteiger partial charge in [0.1, 0.15) is 24.6 Å². The lowest BCUT2D eigenvalue weighted by Gasteiger charge is -2.12. The quantitative estimate of drug-likeness (QED) is 0.191. The first-order valence-electron chi connectivity index (χ1n) is 11.7. The van der Waals surface area contributed by atoms with E-state index in [1.165, 1.54) is 16.7 Å². The van der Waals surface area contributed by atoms with Crippen molar-refractivity contribution in [2.24, 2.45) is 4.99 Å². The molecule has 0 aliphatic rings. The number of anilines is 1. The summed E-state index contributed by atoms with van der Waals surface area (Å²) < 4.78 is 8.19. The van der Waals surface area contributed by atoms with Gasteiger partial charge in [0, 0.05) is 18.4 Å². The second-order valence-electron chi connectivity index (χ2n) is 8.10. The smallest absolute Gasteiger partial charge is 0.385 e. The predicted molar refractivity (Wildman–Crippen MR) is 154 cm³/mol. The largest absolute Gasteiger partial charge is 0.489 e. The SMILES string of the molecule is C#[N+]/C(=C\C(=NC)c1cccc(OCC(=C/CC)/C(C)=C\C)c1)Nc1cccc(CSN(C)C)c1. The van der Waals surface area contributed by atoms with Crippen LogP contribution in [0.2, 0.25) is 0 Å². The highest BCUT2D eigenvalue weighted by atomic mass is 32.2. The third-order valence-corrected chi connectivity index (χ3v) is 6.24. The molecular formula is C29H37N4OS+. The van der Waals surface area contributed by atoms with Gasteiger partial charge in [0.25, 0.3) is 0 Å². The number of nitrogens with zero attached hydrogens (tertiary/aromatic N) is 3. The predicted octanol–water partition coefficient (Wildman–Crippen LogP) is 7.41. The standard InChI is InChI=1S/C29H37N4OS/c1-8-12-25(22(3)9-2)20-34-27-16-11-14-24(18-27)28(30-4)19-29(31-5)32-26-15-10-13-23(17-26)21-35-33(6)7/h5,9-19,32H,8,20-21H2,1-4,6-7H3/q+1/b22-9-,25-12-,29-19+,30-28?. The maximum atomic E-state index is 6.10. The molecule has 35 heavy (non-hydrogen) atoms. The molecule has 0 aliphatic carbocycles. The minimum Gasteiger partial charge on any atom is -0.489 e. The van der Waals surface area contributed by atoms with Crippen molar-refractivity contribution in [1.82, 2.24) is 4.31 Å². The van der Waals surface area contributed by atoms with Crippen LogP contribution in [0.1, 0.15) is 38.3 Å². The van der Waals surface area contributed by atoms with Crippen LogP contribution in [0.4, 0.5) is 5.69 Å². The average Bonchev–Trinajstić information content (AvgIpc) is 2.87. The Hall–Kier alpha value is -3.27. The van der Waals surface area contributed by atoms with Crippen LogP contribution in [-0.4, -0.2) is 37.8 Å². The molecule has 2 rings (SSSR count). The molecule has 0 bridgehead atoms. The zero-order chi connectivity index (χ0) is 25.6. The van der Waals surface area contributed by atoms with Crippen molar-refractivity contribution in [3.8, 4) is 12.3 Å². The second kappa shape index (κ2) is 14.9. The highest BCUT2D eigenvalue weighted by molar-refractivity contribution is 7.96. The lowest BCUT2D eigenvalue weighted by atomic mass is 10.1. The molecule has 0 radical (unpaired) electrons. The molecule has 6 heteroatoms. The van der Waals surface area contributed by atoms with Crippen LogP contribution in [0.25, 0.3) is 4.85 Å². The van der Waals surface area contributed by atoms with E-state index in [2.05, 4.69) is 57.6 Å². The van der Waals surface area contributed by atoms with Gasteiger partial charge in [-0.25, -0.2) is 5.32 Å². The number of hydrogen-bond donors (Lipinski definition) is 1. The van der Waals surface area contributed by atoms with Crippen LogP contribution >= 0.6 is 11.9 Å². The Morgan fingerprint density at radius 2 is 1.97 bits per heavy atom. The summed E-state index contributed by atoms with van der Waals surface area (Å²) in [5.74, 6) is 2.19. The van der Waals surface area contributed by atoms with E-state index in [1.807, 2.05) is 63.5 Å². The number of ether oxygens (including phenoxy) is 1. The number of aliphatic imine (C=N–C) groups is 1. The van der Waals surface area contributed by atoms with Gasteiger partial charge < -0.3 is 4.74 Å². The fraction of sp³-hybridized carbons (Fsp3) is 0.310. The molecule has 1 N–H and O–H groups in total. The maximum Gasteiger partial charge on any atom is 0.385 e. The third-order valence-electron chi connectivity index (χ3n) is 5.26. The Morgan fingerprint density at radius 3 is 2.63 bits per heavy atom. The van der Waals surface area contributed by atoms with Crippen molar-refractivity contribution in [2.45, 2.75) is 32.9 Å². The molecule has 0 heterocycles. The molecule has 0 spiro atoms. The number of hydrogen-bond acceptors (Lipinski definition) is 5. The molecule has 0 saturated carbocycles. The molecule has 0 saturated heterocycles. The first-order chi connectivity index (χ1) is 16.9. The summed E-state index contributed by atoms with van der Waals surface area (Å²) in [6, 6.07) is 16.1. The van der Waals surface area contributed by atoms with Crippen molar-refractivity contribution >= 4 is 23.3 Å². The fourth-order valence-electron chi connectivity index (χ4n) is 3.27. The first-order valence-corrected chi connectivity index (χ1v) is 12.7. The molecule has 0 fully saturated rings. The summed E-state index contributed by atoms with van der Waals surface area (Å²) in [6.07, 6.45) is 7.12. The summed E-state index contributed by atoms with van der Waals surface area (Å²) in [6.45, 7) is 12.5. The van der Waals surface area contributed by atoms with Gasteiger partial charge in [-0.1, -0.05) is 55.3 Å². The summed E-state index contributed by atoms with van der Waals surface area (Å²) in [7, 11) is 5.83. The van der Waals surface area contributed by atoms with E-state index < -0.39 is 0 Å². The molecule has 5 nitrogen and oxygen atoms in total. The summed E-state index contributed by atoms with van der Waals surface area (Å²) in [4.78, 5) is 8.40. The molecule has 0 unspecified atom stereocenters. The fourth-order valence-corrected chi connectivity index (χ4v) is 3.86. The number of benzene rings is 2. The van der Waals surface area contributed by atoms with Gasteiger partial charge in [0.15, 0.2) is 0 Å². The van der Waals surface area contributed by atoms with Crippen molar-refractivity contribution < 1.29 is 4.74 Å². The van der Waals surface area contributed by atoms with Crippen molar-refractivity contribution in [3.63, 3.8) is 0 Å². The first kappa shape index (κ1) is 28.0. The molecule has 184 valence electrons. The molecule has 0 amide bonds. The van der Waals surface area contributed by atoms with Gasteiger partial charge in [-0.05, 0) is 75.3 Å². The van der Waals surface area contributed by atoms with E-state index in [0.717, 1.165) is 34.9 Å². The van der Waals surface area contributed by atoms with Gasteiger partial charge >= 0.3 is 5.82 Å². The Balaban J connectivity index is 2.18. The van der Waals surface area contributed by atoms with Crippen molar-refractivity contribution in [3.05, 3.63) is 99.7 Å². The minimum atomic E-state index is 0.520. The average molecular weight is 490 g/mol. The Morgan fingerprint density at radius 1 is 1.20 bits per heavy atom. The van der Waals surface area contributed by atoms with E-state index >= 15 is 0 Å². The van der Waals surface area contributed by atoms with Gasteiger partial charge in [0.2, 0.25) is 0 Å². The highest BCUT2D eigenvalue weighted by Gasteiger charge is 2.12. The summed E-state index contributed by atoms with van der Waals surface area (Å²) >= 11 is 1.75. The minimum absolute atomic E-state index is 0.520. The van der Waals surface area contributed by atoms with Crippen LogP contribution in [0.3, 0.4) is 0 Å². The van der Waals surface area contributed by atoms with Crippen LogP contribution in [0, 0.1) is 6.57 Å². The maximum absolute atomic E-state index is 6.10. The molecular weight excluding hydrogens is 452 g/mol. The zero-order valence-electron chi connectivity index (χ0n) is 21.7. The molecule has 0 aliphatic heterocycles. The van der Waals surface area contributed by atoms with Crippen LogP contribution in [-0.2, 0) is 5.75 Å². The Kier molecular flexibility index (Phi) is 11.9. The highest BCUT2D eigenvalue weighted by Crippen LogP contribution is 2.21. The van der Waals surface area contributed by atoms with Gasteiger partial charge in [-0.15, -0.1) is 0 Å². The lowest BCUT2D eigenvalue weighted by molar-refractivity contribution is 0.353. The molecule has 2 aromatic carbocycles. The van der Waals surface area contributed by atoms with Crippen LogP contribution in [0.15, 0.2) is 88.7 Å². The normalized spacial score (nSPS) is 13.1. The Bertz CT molecular complexity index is 1140. The van der Waals surface area contributed by atoms with Crippen molar-refractivity contribution in [2.75, 3.05) is 33.1 Å². The monoisotopic (exact) mass is 489 g/mol. The topological polar surface area (TPSA) is 41.2 Å². The molecule has 0 aromatic heterocycles. The Labute approximate surface area is 215 Å². The summed E-state index contributed by atoms with van der Waals surface area (Å²) in [5, 5.41) is 3.30. The van der Waals surface area contributed by atoms with E-state index in [1.54, 1.807) is 19.0 Å². The number of allylic oxidation sites excluding steroid dienone is 3. The van der Waals surface area contributed by atoms with E-state index in [9.17, 15) is 0 Å². The summed E-state index contributed by atoms with van der Waals surface area (Å²) in [5.41, 5.74) is 6.23. The van der Waals surface area contributed by atoms with E-state index in [0.29, 0.717) is 12.4 Å². The van der Waals surface area contributed by atoms with Gasteiger partial charge in [0.05, 0.1) is 11.8 Å². The van der Waals surface area contributed by atoms with Gasteiger partial charge in [-0.3, -0.25) is 9.30 Å². The van der Waals surface area contributed by atoms with E-state index in [-0.39, 0.29) is 0 Å². The zero-order valence-corrected chi connectivity index (χ0v) is 22.5. The second-order valence-corrected chi connectivity index (χ2v) is 9.38. The number of nitrogens with one attached hydrogen (secondary N) is 1. The van der Waals surface area contributed by atoms with Crippen molar-refractivity contribution in [1.29, 1.82) is 0 Å².